The van der Waals surface area contributed by atoms with E-state index in [4.69, 9.17) is 21.1 Å². The number of methoxy groups -OCH3 is 1. The Balaban J connectivity index is 1.37. The monoisotopic (exact) mass is 543 g/mol. The number of ether oxygens (including phenoxy) is 2. The van der Waals surface area contributed by atoms with Crippen molar-refractivity contribution in [1.82, 2.24) is 5.43 Å². The fraction of sp³-hybridized carbons (Fsp3) is 0.200. The van der Waals surface area contributed by atoms with E-state index < -0.39 is 5.92 Å². The second kappa shape index (κ2) is 10.8. The molecule has 176 valence electrons. The van der Waals surface area contributed by atoms with Gasteiger partial charge >= 0.3 is 0 Å². The number of hydrazine groups is 1. The minimum Gasteiger partial charge on any atom is -0.493 e. The van der Waals surface area contributed by atoms with Crippen molar-refractivity contribution >= 4 is 50.7 Å². The summed E-state index contributed by atoms with van der Waals surface area (Å²) >= 11 is 9.81. The molecule has 2 N–H and O–H groups in total. The van der Waals surface area contributed by atoms with Crippen LogP contribution in [-0.4, -0.2) is 25.5 Å². The first kappa shape index (κ1) is 23.9. The van der Waals surface area contributed by atoms with Gasteiger partial charge in [0.2, 0.25) is 11.8 Å². The van der Waals surface area contributed by atoms with Gasteiger partial charge in [-0.2, -0.15) is 0 Å². The summed E-state index contributed by atoms with van der Waals surface area (Å²) in [6.07, 6.45) is 0.139. The van der Waals surface area contributed by atoms with Crippen LogP contribution in [0.15, 0.2) is 71.2 Å². The van der Waals surface area contributed by atoms with Gasteiger partial charge in [-0.15, -0.1) is 0 Å². The van der Waals surface area contributed by atoms with E-state index in [0.717, 1.165) is 15.7 Å². The average Bonchev–Trinajstić information content (AvgIpc) is 3.24. The molecule has 1 fully saturated rings. The summed E-state index contributed by atoms with van der Waals surface area (Å²) < 4.78 is 12.2. The second-order valence-electron chi connectivity index (χ2n) is 7.76. The third-order valence-corrected chi connectivity index (χ3v) is 6.23. The van der Waals surface area contributed by atoms with Gasteiger partial charge in [0.25, 0.3) is 0 Å². The van der Waals surface area contributed by atoms with Crippen LogP contribution in [0.1, 0.15) is 12.0 Å². The van der Waals surface area contributed by atoms with Crippen molar-refractivity contribution in [1.29, 1.82) is 0 Å². The van der Waals surface area contributed by atoms with Gasteiger partial charge < -0.3 is 14.4 Å². The lowest BCUT2D eigenvalue weighted by Gasteiger charge is -2.18. The van der Waals surface area contributed by atoms with E-state index in [0.29, 0.717) is 35.4 Å². The normalized spacial score (nSPS) is 15.2. The summed E-state index contributed by atoms with van der Waals surface area (Å²) in [6, 6.07) is 20.4. The standard InChI is InChI=1S/C25H23BrClN3O4/c1-33-22-13-19(12-21(27)24(22)34-15-16-5-3-2-4-6-16)28-29-25(32)17-11-23(31)30(14-17)20-9-7-18(26)8-10-20/h2-10,12-13,17,28H,11,14-15H2,1H3,(H,29,32)/t17-/m1/s1. The van der Waals surface area contributed by atoms with E-state index in [-0.39, 0.29) is 18.2 Å². The zero-order valence-electron chi connectivity index (χ0n) is 18.4. The Morgan fingerprint density at radius 3 is 2.59 bits per heavy atom. The van der Waals surface area contributed by atoms with Crippen LogP contribution in [0.3, 0.4) is 0 Å². The molecule has 0 bridgehead atoms. The van der Waals surface area contributed by atoms with Gasteiger partial charge in [0.05, 0.1) is 23.7 Å². The predicted octanol–water partition coefficient (Wildman–Crippen LogP) is 5.19. The van der Waals surface area contributed by atoms with Gasteiger partial charge in [-0.3, -0.25) is 20.4 Å². The quantitative estimate of drug-likeness (QED) is 0.382. The van der Waals surface area contributed by atoms with Gasteiger partial charge in [0.1, 0.15) is 6.61 Å². The molecule has 0 aromatic heterocycles. The van der Waals surface area contributed by atoms with Crippen molar-refractivity contribution in [3.05, 3.63) is 81.8 Å². The smallest absolute Gasteiger partial charge is 0.243 e. The van der Waals surface area contributed by atoms with Gasteiger partial charge in [-0.05, 0) is 35.9 Å². The van der Waals surface area contributed by atoms with Crippen molar-refractivity contribution in [2.45, 2.75) is 13.0 Å². The summed E-state index contributed by atoms with van der Waals surface area (Å²) in [5, 5.41) is 0.337. The molecular weight excluding hydrogens is 522 g/mol. The highest BCUT2D eigenvalue weighted by atomic mass is 79.9. The maximum atomic E-state index is 12.7. The third kappa shape index (κ3) is 5.63. The number of halogens is 2. The highest BCUT2D eigenvalue weighted by Crippen LogP contribution is 2.38. The maximum absolute atomic E-state index is 12.7. The number of hydrogen-bond donors (Lipinski definition) is 2. The largest absolute Gasteiger partial charge is 0.493 e. The number of amides is 2. The van der Waals surface area contributed by atoms with Crippen LogP contribution in [0.4, 0.5) is 11.4 Å². The molecule has 1 aliphatic rings. The molecular formula is C25H23BrClN3O4. The lowest BCUT2D eigenvalue weighted by molar-refractivity contribution is -0.125. The molecule has 0 spiro atoms. The molecule has 1 heterocycles. The molecule has 0 aliphatic carbocycles. The average molecular weight is 545 g/mol. The van der Waals surface area contributed by atoms with Crippen molar-refractivity contribution in [2.75, 3.05) is 24.0 Å². The van der Waals surface area contributed by atoms with Crippen LogP contribution in [-0.2, 0) is 16.2 Å². The minimum atomic E-state index is -0.477. The number of carbonyl (C=O) groups is 2. The molecule has 2 amide bonds. The number of anilines is 2. The molecule has 3 aromatic rings. The van der Waals surface area contributed by atoms with Crippen molar-refractivity contribution < 1.29 is 19.1 Å². The lowest BCUT2D eigenvalue weighted by atomic mass is 10.1. The number of nitrogens with zero attached hydrogens (tertiary/aromatic N) is 1. The van der Waals surface area contributed by atoms with E-state index in [1.165, 1.54) is 7.11 Å². The van der Waals surface area contributed by atoms with E-state index in [1.54, 1.807) is 17.0 Å². The number of hydrogen-bond acceptors (Lipinski definition) is 5. The number of carbonyl (C=O) groups excluding carboxylic acids is 2. The summed E-state index contributed by atoms with van der Waals surface area (Å²) in [5.41, 5.74) is 7.81. The number of nitrogens with one attached hydrogen (secondary N) is 2. The molecule has 1 atom stereocenters. The molecule has 3 aromatic carbocycles. The van der Waals surface area contributed by atoms with Crippen LogP contribution in [0, 0.1) is 5.92 Å². The Hall–Kier alpha value is -3.23. The highest BCUT2D eigenvalue weighted by Gasteiger charge is 2.35. The van der Waals surface area contributed by atoms with Crippen LogP contribution in [0.5, 0.6) is 11.5 Å². The lowest BCUT2D eigenvalue weighted by Crippen LogP contribution is -2.36. The van der Waals surface area contributed by atoms with Crippen molar-refractivity contribution in [3.63, 3.8) is 0 Å². The first-order chi connectivity index (χ1) is 16.4. The first-order valence-corrected chi connectivity index (χ1v) is 11.8. The molecule has 0 radical (unpaired) electrons. The van der Waals surface area contributed by atoms with Crippen molar-refractivity contribution in [3.8, 4) is 11.5 Å². The number of benzene rings is 3. The summed E-state index contributed by atoms with van der Waals surface area (Å²) in [5.74, 6) is -0.0110. The summed E-state index contributed by atoms with van der Waals surface area (Å²) in [4.78, 5) is 26.8. The Morgan fingerprint density at radius 1 is 1.15 bits per heavy atom. The molecule has 4 rings (SSSR count). The molecule has 0 saturated carbocycles. The van der Waals surface area contributed by atoms with E-state index in [1.807, 2.05) is 54.6 Å². The SMILES string of the molecule is COc1cc(NNC(=O)[C@@H]2CC(=O)N(c3ccc(Br)cc3)C2)cc(Cl)c1OCc1ccccc1. The summed E-state index contributed by atoms with van der Waals surface area (Å²) in [7, 11) is 1.52. The maximum Gasteiger partial charge on any atom is 0.243 e. The molecule has 1 aliphatic heterocycles. The molecule has 0 unspecified atom stereocenters. The zero-order chi connectivity index (χ0) is 24.1. The first-order valence-electron chi connectivity index (χ1n) is 10.6. The zero-order valence-corrected chi connectivity index (χ0v) is 20.7. The fourth-order valence-electron chi connectivity index (χ4n) is 3.65. The Kier molecular flexibility index (Phi) is 7.59. The Bertz CT molecular complexity index is 1170. The topological polar surface area (TPSA) is 79.9 Å². The Morgan fingerprint density at radius 2 is 1.88 bits per heavy atom. The van der Waals surface area contributed by atoms with Gasteiger partial charge in [-0.1, -0.05) is 57.9 Å². The molecule has 34 heavy (non-hydrogen) atoms. The predicted molar refractivity (Wildman–Crippen MR) is 135 cm³/mol. The van der Waals surface area contributed by atoms with Crippen LogP contribution in [0.2, 0.25) is 5.02 Å². The number of rotatable bonds is 8. The molecule has 7 nitrogen and oxygen atoms in total. The van der Waals surface area contributed by atoms with Crippen LogP contribution in [0.25, 0.3) is 0 Å². The third-order valence-electron chi connectivity index (χ3n) is 5.42. The van der Waals surface area contributed by atoms with Crippen LogP contribution >= 0.6 is 27.5 Å². The minimum absolute atomic E-state index is 0.0906. The Labute approximate surface area is 211 Å². The molecule has 1 saturated heterocycles. The van der Waals surface area contributed by atoms with Gasteiger partial charge in [0, 0.05) is 29.2 Å². The van der Waals surface area contributed by atoms with Gasteiger partial charge in [-0.25, -0.2) is 0 Å². The van der Waals surface area contributed by atoms with Gasteiger partial charge in [0.15, 0.2) is 11.5 Å². The van der Waals surface area contributed by atoms with E-state index in [2.05, 4.69) is 26.8 Å². The van der Waals surface area contributed by atoms with Crippen LogP contribution < -0.4 is 25.2 Å². The summed E-state index contributed by atoms with van der Waals surface area (Å²) in [6.45, 7) is 0.648. The van der Waals surface area contributed by atoms with E-state index in [9.17, 15) is 9.59 Å². The van der Waals surface area contributed by atoms with Crippen molar-refractivity contribution in [2.24, 2.45) is 5.92 Å². The van der Waals surface area contributed by atoms with E-state index >= 15 is 0 Å². The highest BCUT2D eigenvalue weighted by molar-refractivity contribution is 9.10. The molecule has 9 heteroatoms. The second-order valence-corrected chi connectivity index (χ2v) is 9.08. The fourth-order valence-corrected chi connectivity index (χ4v) is 4.18.